The van der Waals surface area contributed by atoms with Crippen LogP contribution < -0.4 is 20.3 Å². The highest BCUT2D eigenvalue weighted by Crippen LogP contribution is 2.33. The average molecular weight is 525 g/mol. The lowest BCUT2D eigenvalue weighted by Crippen LogP contribution is -2.47. The first kappa shape index (κ1) is 27.0. The molecular weight excluding hydrogens is 493 g/mol. The van der Waals surface area contributed by atoms with E-state index in [1.165, 1.54) is 0 Å². The van der Waals surface area contributed by atoms with Gasteiger partial charge < -0.3 is 34.9 Å². The van der Waals surface area contributed by atoms with E-state index in [-0.39, 0.29) is 26.2 Å². The molecule has 12 heteroatoms. The number of carbonyl (C=O) groups excluding carboxylic acids is 1. The van der Waals surface area contributed by atoms with Crippen LogP contribution in [0.1, 0.15) is 18.4 Å². The van der Waals surface area contributed by atoms with Crippen LogP contribution in [0.4, 0.5) is 29.5 Å². The first-order valence-corrected chi connectivity index (χ1v) is 12.2. The molecule has 0 aliphatic carbocycles. The SMILES string of the molecule is Cc1ccc(NC(=O)NC2CCOC(C(F)(F)F)C2)cc1-c1cc(OCCO)nc(N2CCOCC2)c1. The van der Waals surface area contributed by atoms with Gasteiger partial charge in [0.05, 0.1) is 19.8 Å². The van der Waals surface area contributed by atoms with Gasteiger partial charge in [0.2, 0.25) is 5.88 Å². The van der Waals surface area contributed by atoms with Gasteiger partial charge >= 0.3 is 12.2 Å². The van der Waals surface area contributed by atoms with E-state index in [4.69, 9.17) is 14.2 Å². The lowest BCUT2D eigenvalue weighted by atomic mass is 10.00. The Balaban J connectivity index is 1.51. The number of aliphatic hydroxyl groups excluding tert-OH is 1. The van der Waals surface area contributed by atoms with Crippen LogP contribution in [0.15, 0.2) is 30.3 Å². The van der Waals surface area contributed by atoms with Gasteiger partial charge in [0, 0.05) is 43.9 Å². The van der Waals surface area contributed by atoms with Crippen molar-refractivity contribution in [3.63, 3.8) is 0 Å². The summed E-state index contributed by atoms with van der Waals surface area (Å²) in [5.74, 6) is 1.07. The minimum Gasteiger partial charge on any atom is -0.475 e. The van der Waals surface area contributed by atoms with Gasteiger partial charge in [0.15, 0.2) is 6.10 Å². The van der Waals surface area contributed by atoms with Crippen molar-refractivity contribution in [2.45, 2.75) is 38.1 Å². The van der Waals surface area contributed by atoms with Crippen LogP contribution in [0.2, 0.25) is 0 Å². The van der Waals surface area contributed by atoms with Crippen LogP contribution in [0.25, 0.3) is 11.1 Å². The zero-order valence-corrected chi connectivity index (χ0v) is 20.5. The number of carbonyl (C=O) groups is 1. The number of hydrogen-bond donors (Lipinski definition) is 3. The molecule has 2 saturated heterocycles. The maximum atomic E-state index is 13.0. The number of alkyl halides is 3. The third-order valence-corrected chi connectivity index (χ3v) is 6.26. The molecule has 0 radical (unpaired) electrons. The van der Waals surface area contributed by atoms with Gasteiger partial charge in [0.1, 0.15) is 12.4 Å². The number of benzene rings is 1. The van der Waals surface area contributed by atoms with E-state index in [0.29, 0.717) is 50.1 Å². The number of urea groups is 1. The molecule has 2 fully saturated rings. The summed E-state index contributed by atoms with van der Waals surface area (Å²) in [4.78, 5) is 19.3. The third kappa shape index (κ3) is 7.24. The number of aryl methyl sites for hydroxylation is 1. The van der Waals surface area contributed by atoms with Crippen LogP contribution in [-0.2, 0) is 9.47 Å². The highest BCUT2D eigenvalue weighted by Gasteiger charge is 2.44. The van der Waals surface area contributed by atoms with Crippen molar-refractivity contribution in [1.82, 2.24) is 10.3 Å². The number of aliphatic hydroxyl groups is 1. The average Bonchev–Trinajstić information content (AvgIpc) is 2.88. The van der Waals surface area contributed by atoms with Crippen molar-refractivity contribution in [2.75, 3.05) is 56.3 Å². The van der Waals surface area contributed by atoms with E-state index in [2.05, 4.69) is 20.5 Å². The van der Waals surface area contributed by atoms with Crippen LogP contribution in [0.5, 0.6) is 5.88 Å². The standard InChI is InChI=1S/C25H31F3N4O5/c1-16-2-3-18(29-24(34)30-19-4-8-36-21(15-19)25(26,27)28)14-20(16)17-12-22(32-5-9-35-10-6-32)31-23(13-17)37-11-7-33/h2-3,12-14,19,21,33H,4-11,15H2,1H3,(H2,29,30,34). The molecule has 2 aromatic rings. The largest absolute Gasteiger partial charge is 0.475 e. The topological polar surface area (TPSA) is 105 Å². The number of hydrogen-bond acceptors (Lipinski definition) is 7. The second kappa shape index (κ2) is 12.0. The van der Waals surface area contributed by atoms with E-state index in [1.54, 1.807) is 18.2 Å². The molecular formula is C25H31F3N4O5. The fourth-order valence-electron chi connectivity index (χ4n) is 4.34. The molecule has 37 heavy (non-hydrogen) atoms. The predicted molar refractivity (Wildman–Crippen MR) is 131 cm³/mol. The van der Waals surface area contributed by atoms with Crippen molar-refractivity contribution in [1.29, 1.82) is 0 Å². The molecule has 4 rings (SSSR count). The quantitative estimate of drug-likeness (QED) is 0.509. The second-order valence-electron chi connectivity index (χ2n) is 8.97. The third-order valence-electron chi connectivity index (χ3n) is 6.26. The minimum absolute atomic E-state index is 0.0714. The fraction of sp³-hybridized carbons (Fsp3) is 0.520. The van der Waals surface area contributed by atoms with Crippen LogP contribution in [0.3, 0.4) is 0 Å². The molecule has 0 bridgehead atoms. The highest BCUT2D eigenvalue weighted by atomic mass is 19.4. The number of aromatic nitrogens is 1. The Bertz CT molecular complexity index is 1080. The van der Waals surface area contributed by atoms with Crippen molar-refractivity contribution < 1.29 is 37.3 Å². The number of anilines is 2. The molecule has 202 valence electrons. The van der Waals surface area contributed by atoms with Crippen molar-refractivity contribution in [2.24, 2.45) is 0 Å². The summed E-state index contributed by atoms with van der Waals surface area (Å²) in [5.41, 5.74) is 3.06. The predicted octanol–water partition coefficient (Wildman–Crippen LogP) is 3.50. The number of rotatable bonds is 7. The van der Waals surface area contributed by atoms with Gasteiger partial charge in [-0.15, -0.1) is 0 Å². The minimum atomic E-state index is -4.47. The van der Waals surface area contributed by atoms with Gasteiger partial charge in [-0.25, -0.2) is 4.79 Å². The summed E-state index contributed by atoms with van der Waals surface area (Å²) in [6.07, 6.45) is -6.37. The smallest absolute Gasteiger partial charge is 0.414 e. The maximum absolute atomic E-state index is 13.0. The lowest BCUT2D eigenvalue weighted by molar-refractivity contribution is -0.232. The zero-order chi connectivity index (χ0) is 26.4. The van der Waals surface area contributed by atoms with Gasteiger partial charge in [0.25, 0.3) is 0 Å². The van der Waals surface area contributed by atoms with Crippen molar-refractivity contribution >= 4 is 17.5 Å². The molecule has 1 aromatic carbocycles. The number of morpholine rings is 1. The summed E-state index contributed by atoms with van der Waals surface area (Å²) < 4.78 is 54.8. The van der Waals surface area contributed by atoms with Crippen LogP contribution >= 0.6 is 0 Å². The summed E-state index contributed by atoms with van der Waals surface area (Å²) in [6, 6.07) is 7.85. The van der Waals surface area contributed by atoms with E-state index >= 15 is 0 Å². The van der Waals surface area contributed by atoms with E-state index < -0.39 is 24.4 Å². The van der Waals surface area contributed by atoms with Gasteiger partial charge in [-0.05, 0) is 48.2 Å². The van der Waals surface area contributed by atoms with Gasteiger partial charge in [-0.3, -0.25) is 0 Å². The summed E-state index contributed by atoms with van der Waals surface area (Å²) >= 11 is 0. The summed E-state index contributed by atoms with van der Waals surface area (Å²) in [7, 11) is 0. The Kier molecular flexibility index (Phi) is 8.72. The van der Waals surface area contributed by atoms with Crippen molar-refractivity contribution in [3.05, 3.63) is 35.9 Å². The molecule has 2 atom stereocenters. The Hall–Kier alpha value is -3.09. The number of ether oxygens (including phenoxy) is 3. The number of nitrogens with zero attached hydrogens (tertiary/aromatic N) is 2. The van der Waals surface area contributed by atoms with E-state index in [0.717, 1.165) is 16.7 Å². The van der Waals surface area contributed by atoms with Crippen molar-refractivity contribution in [3.8, 4) is 17.0 Å². The van der Waals surface area contributed by atoms with Gasteiger partial charge in [-0.2, -0.15) is 18.2 Å². The highest BCUT2D eigenvalue weighted by molar-refractivity contribution is 5.90. The molecule has 2 amide bonds. The number of pyridine rings is 1. The molecule has 3 N–H and O–H groups in total. The number of nitrogens with one attached hydrogen (secondary N) is 2. The van der Waals surface area contributed by atoms with E-state index in [1.807, 2.05) is 19.1 Å². The Morgan fingerprint density at radius 3 is 2.73 bits per heavy atom. The molecule has 2 unspecified atom stereocenters. The summed E-state index contributed by atoms with van der Waals surface area (Å²) in [6.45, 7) is 4.34. The van der Waals surface area contributed by atoms with Gasteiger partial charge in [-0.1, -0.05) is 6.07 Å². The first-order valence-electron chi connectivity index (χ1n) is 12.2. The molecule has 0 spiro atoms. The van der Waals surface area contributed by atoms with E-state index in [9.17, 15) is 23.1 Å². The van der Waals surface area contributed by atoms with Crippen LogP contribution in [0, 0.1) is 6.92 Å². The molecule has 2 aliphatic heterocycles. The Morgan fingerprint density at radius 1 is 1.22 bits per heavy atom. The first-order chi connectivity index (χ1) is 17.7. The number of amides is 2. The molecule has 0 saturated carbocycles. The normalized spacial score (nSPS) is 20.4. The monoisotopic (exact) mass is 524 g/mol. The summed E-state index contributed by atoms with van der Waals surface area (Å²) in [5, 5.41) is 14.5. The Morgan fingerprint density at radius 2 is 2.00 bits per heavy atom. The molecule has 2 aliphatic rings. The zero-order valence-electron chi connectivity index (χ0n) is 20.5. The Labute approximate surface area is 212 Å². The maximum Gasteiger partial charge on any atom is 0.414 e. The molecule has 3 heterocycles. The number of halogens is 3. The molecule has 1 aromatic heterocycles. The molecule has 9 nitrogen and oxygen atoms in total. The lowest BCUT2D eigenvalue weighted by Gasteiger charge is -2.31. The second-order valence-corrected chi connectivity index (χ2v) is 8.97. The van der Waals surface area contributed by atoms with Crippen LogP contribution in [-0.4, -0.2) is 80.6 Å². The fourth-order valence-corrected chi connectivity index (χ4v) is 4.34.